The Hall–Kier alpha value is -2.39. The predicted octanol–water partition coefficient (Wildman–Crippen LogP) is 4.45. The third-order valence-electron chi connectivity index (χ3n) is 3.27. The maximum absolute atomic E-state index is 9.82. The molecule has 4 heteroatoms. The zero-order valence-electron chi connectivity index (χ0n) is 11.3. The first-order chi connectivity index (χ1) is 10.2. The lowest BCUT2D eigenvalue weighted by Crippen LogP contribution is -2.00. The van der Waals surface area contributed by atoms with Crippen molar-refractivity contribution in [2.75, 3.05) is 5.32 Å². The molecule has 1 aromatic heterocycles. The van der Waals surface area contributed by atoms with Gasteiger partial charge < -0.3 is 15.0 Å². The fraction of sp³-hybridized carbons (Fsp3) is 0.0588. The van der Waals surface area contributed by atoms with E-state index in [-0.39, 0.29) is 5.75 Å². The van der Waals surface area contributed by atoms with Crippen molar-refractivity contribution in [2.45, 2.75) is 6.54 Å². The molecular formula is C17H15ClN2O. The van der Waals surface area contributed by atoms with Crippen LogP contribution in [0.3, 0.4) is 0 Å². The van der Waals surface area contributed by atoms with Gasteiger partial charge >= 0.3 is 0 Å². The Kier molecular flexibility index (Phi) is 3.84. The minimum atomic E-state index is 0.244. The van der Waals surface area contributed by atoms with Gasteiger partial charge in [-0.15, -0.1) is 0 Å². The first-order valence-electron chi connectivity index (χ1n) is 6.67. The van der Waals surface area contributed by atoms with Crippen LogP contribution in [0.1, 0.15) is 5.56 Å². The van der Waals surface area contributed by atoms with Gasteiger partial charge in [0.05, 0.1) is 0 Å². The number of aromatic nitrogens is 1. The van der Waals surface area contributed by atoms with Crippen LogP contribution >= 0.6 is 11.6 Å². The second-order valence-electron chi connectivity index (χ2n) is 4.77. The third-order valence-corrected chi connectivity index (χ3v) is 3.51. The number of nitrogens with one attached hydrogen (secondary N) is 1. The Morgan fingerprint density at radius 2 is 1.81 bits per heavy atom. The smallest absolute Gasteiger partial charge is 0.120 e. The molecule has 0 amide bonds. The fourth-order valence-electron chi connectivity index (χ4n) is 2.18. The Morgan fingerprint density at radius 1 is 1.00 bits per heavy atom. The highest BCUT2D eigenvalue weighted by Gasteiger charge is 2.03. The Morgan fingerprint density at radius 3 is 2.62 bits per heavy atom. The van der Waals surface area contributed by atoms with Crippen LogP contribution in [0.15, 0.2) is 67.0 Å². The molecule has 0 aliphatic rings. The van der Waals surface area contributed by atoms with Gasteiger partial charge in [-0.25, -0.2) is 0 Å². The summed E-state index contributed by atoms with van der Waals surface area (Å²) in [7, 11) is 0. The monoisotopic (exact) mass is 298 g/mol. The molecule has 0 aliphatic heterocycles. The minimum absolute atomic E-state index is 0.244. The molecule has 2 aromatic carbocycles. The maximum atomic E-state index is 9.82. The number of benzene rings is 2. The van der Waals surface area contributed by atoms with Crippen molar-refractivity contribution in [2.24, 2.45) is 0 Å². The van der Waals surface area contributed by atoms with Crippen LogP contribution in [0.2, 0.25) is 5.02 Å². The SMILES string of the molecule is Oc1ccc(Cl)cc1CNc1cccc(-n2cccc2)c1. The lowest BCUT2D eigenvalue weighted by atomic mass is 10.2. The number of rotatable bonds is 4. The van der Waals surface area contributed by atoms with E-state index in [1.165, 1.54) is 0 Å². The molecule has 0 bridgehead atoms. The van der Waals surface area contributed by atoms with E-state index < -0.39 is 0 Å². The van der Waals surface area contributed by atoms with Crippen molar-refractivity contribution in [3.63, 3.8) is 0 Å². The zero-order valence-corrected chi connectivity index (χ0v) is 12.1. The number of aromatic hydroxyl groups is 1. The van der Waals surface area contributed by atoms with E-state index >= 15 is 0 Å². The molecule has 0 atom stereocenters. The molecule has 0 spiro atoms. The first-order valence-corrected chi connectivity index (χ1v) is 7.05. The number of hydrogen-bond donors (Lipinski definition) is 2. The van der Waals surface area contributed by atoms with Crippen LogP contribution in [-0.2, 0) is 6.54 Å². The van der Waals surface area contributed by atoms with Crippen molar-refractivity contribution in [1.82, 2.24) is 4.57 Å². The highest BCUT2D eigenvalue weighted by molar-refractivity contribution is 6.30. The van der Waals surface area contributed by atoms with Crippen molar-refractivity contribution in [3.05, 3.63) is 77.6 Å². The fourth-order valence-corrected chi connectivity index (χ4v) is 2.37. The van der Waals surface area contributed by atoms with E-state index in [4.69, 9.17) is 11.6 Å². The molecule has 3 nitrogen and oxygen atoms in total. The van der Waals surface area contributed by atoms with Gasteiger partial charge in [-0.2, -0.15) is 0 Å². The van der Waals surface area contributed by atoms with Gasteiger partial charge in [0.25, 0.3) is 0 Å². The summed E-state index contributed by atoms with van der Waals surface area (Å²) >= 11 is 5.95. The molecule has 1 heterocycles. The number of halogens is 1. The summed E-state index contributed by atoms with van der Waals surface area (Å²) in [6.07, 6.45) is 4.00. The van der Waals surface area contributed by atoms with Crippen LogP contribution in [0.4, 0.5) is 5.69 Å². The zero-order chi connectivity index (χ0) is 14.7. The van der Waals surface area contributed by atoms with Gasteiger partial charge in [-0.1, -0.05) is 17.7 Å². The van der Waals surface area contributed by atoms with E-state index in [1.807, 2.05) is 47.3 Å². The Balaban J connectivity index is 1.76. The highest BCUT2D eigenvalue weighted by Crippen LogP contribution is 2.23. The average molecular weight is 299 g/mol. The first kappa shape index (κ1) is 13.6. The van der Waals surface area contributed by atoms with Crippen molar-refractivity contribution >= 4 is 17.3 Å². The normalized spacial score (nSPS) is 10.5. The molecule has 0 radical (unpaired) electrons. The largest absolute Gasteiger partial charge is 0.508 e. The standard InChI is InChI=1S/C17H15ClN2O/c18-14-6-7-17(21)13(10-14)12-19-15-4-3-5-16(11-15)20-8-1-2-9-20/h1-11,19,21H,12H2. The molecule has 106 valence electrons. The van der Waals surface area contributed by atoms with E-state index in [9.17, 15) is 5.11 Å². The Bertz CT molecular complexity index is 738. The van der Waals surface area contributed by atoms with Crippen LogP contribution in [0, 0.1) is 0 Å². The van der Waals surface area contributed by atoms with Crippen LogP contribution < -0.4 is 5.32 Å². The van der Waals surface area contributed by atoms with Gasteiger partial charge in [-0.05, 0) is 48.5 Å². The van der Waals surface area contributed by atoms with Crippen molar-refractivity contribution in [3.8, 4) is 11.4 Å². The molecule has 0 fully saturated rings. The molecule has 3 aromatic rings. The number of phenols is 1. The van der Waals surface area contributed by atoms with Crippen molar-refractivity contribution in [1.29, 1.82) is 0 Å². The second-order valence-corrected chi connectivity index (χ2v) is 5.20. The molecular weight excluding hydrogens is 284 g/mol. The molecule has 0 saturated heterocycles. The molecule has 0 aliphatic carbocycles. The lowest BCUT2D eigenvalue weighted by Gasteiger charge is -2.10. The quantitative estimate of drug-likeness (QED) is 0.747. The van der Waals surface area contributed by atoms with E-state index in [0.29, 0.717) is 11.6 Å². The van der Waals surface area contributed by atoms with Crippen LogP contribution in [0.25, 0.3) is 5.69 Å². The van der Waals surface area contributed by atoms with E-state index in [2.05, 4.69) is 11.4 Å². The molecule has 3 rings (SSSR count). The summed E-state index contributed by atoms with van der Waals surface area (Å²) in [5.74, 6) is 0.244. The lowest BCUT2D eigenvalue weighted by molar-refractivity contribution is 0.469. The van der Waals surface area contributed by atoms with Gasteiger partial charge in [0.1, 0.15) is 5.75 Å². The van der Waals surface area contributed by atoms with Gasteiger partial charge in [0.15, 0.2) is 0 Å². The maximum Gasteiger partial charge on any atom is 0.120 e. The number of hydrogen-bond acceptors (Lipinski definition) is 2. The Labute approximate surface area is 128 Å². The van der Waals surface area contributed by atoms with Crippen molar-refractivity contribution < 1.29 is 5.11 Å². The second kappa shape index (κ2) is 5.94. The van der Waals surface area contributed by atoms with Gasteiger partial charge in [-0.3, -0.25) is 0 Å². The summed E-state index contributed by atoms with van der Waals surface area (Å²) in [5, 5.41) is 13.7. The summed E-state index contributed by atoms with van der Waals surface area (Å²) in [4.78, 5) is 0. The molecule has 21 heavy (non-hydrogen) atoms. The molecule has 0 unspecified atom stereocenters. The van der Waals surface area contributed by atoms with Crippen LogP contribution in [0.5, 0.6) is 5.75 Å². The van der Waals surface area contributed by atoms with E-state index in [1.54, 1.807) is 18.2 Å². The third kappa shape index (κ3) is 3.20. The minimum Gasteiger partial charge on any atom is -0.508 e. The topological polar surface area (TPSA) is 37.2 Å². The number of anilines is 1. The molecule has 2 N–H and O–H groups in total. The van der Waals surface area contributed by atoms with Gasteiger partial charge in [0, 0.05) is 40.9 Å². The summed E-state index contributed by atoms with van der Waals surface area (Å²) in [6, 6.07) is 17.1. The summed E-state index contributed by atoms with van der Waals surface area (Å²) in [6.45, 7) is 0.515. The average Bonchev–Trinajstić information content (AvgIpc) is 3.03. The predicted molar refractivity (Wildman–Crippen MR) is 86.2 cm³/mol. The van der Waals surface area contributed by atoms with E-state index in [0.717, 1.165) is 16.9 Å². The highest BCUT2D eigenvalue weighted by atomic mass is 35.5. The summed E-state index contributed by atoms with van der Waals surface area (Å²) in [5.41, 5.74) is 2.84. The summed E-state index contributed by atoms with van der Waals surface area (Å²) < 4.78 is 2.04. The number of phenolic OH excluding ortho intramolecular Hbond substituents is 1. The van der Waals surface area contributed by atoms with Crippen LogP contribution in [-0.4, -0.2) is 9.67 Å². The molecule has 0 saturated carbocycles. The number of nitrogens with zero attached hydrogens (tertiary/aromatic N) is 1. The van der Waals surface area contributed by atoms with Gasteiger partial charge in [0.2, 0.25) is 0 Å².